The van der Waals surface area contributed by atoms with Crippen molar-refractivity contribution in [2.75, 3.05) is 6.61 Å². The van der Waals surface area contributed by atoms with Gasteiger partial charge >= 0.3 is 0 Å². The average molecular weight is 365 g/mol. The van der Waals surface area contributed by atoms with E-state index in [9.17, 15) is 0 Å². The molecule has 1 unspecified atom stereocenters. The molecule has 0 heterocycles. The van der Waals surface area contributed by atoms with Gasteiger partial charge in [0.2, 0.25) is 0 Å². The molecule has 0 saturated carbocycles. The molecule has 0 N–H and O–H groups in total. The van der Waals surface area contributed by atoms with Gasteiger partial charge in [0.15, 0.2) is 0 Å². The molecule has 1 nitrogen and oxygen atoms in total. The van der Waals surface area contributed by atoms with Gasteiger partial charge in [0.25, 0.3) is 0 Å². The van der Waals surface area contributed by atoms with Crippen LogP contribution in [0.15, 0.2) is 85.0 Å². The molecule has 0 saturated heterocycles. The molecule has 2 rings (SSSR count). The minimum atomic E-state index is -1.65. The van der Waals surface area contributed by atoms with Crippen LogP contribution in [0, 0.1) is 5.92 Å². The van der Waals surface area contributed by atoms with Crippen molar-refractivity contribution in [3.05, 3.63) is 90.5 Å². The summed E-state index contributed by atoms with van der Waals surface area (Å²) in [5.74, 6) is 0.474. The third kappa shape index (κ3) is 5.82. The van der Waals surface area contributed by atoms with Crippen LogP contribution in [-0.4, -0.2) is 14.7 Å². The van der Waals surface area contributed by atoms with E-state index in [2.05, 4.69) is 106 Å². The van der Waals surface area contributed by atoms with Crippen LogP contribution in [0.4, 0.5) is 0 Å². The Morgan fingerprint density at radius 1 is 0.923 bits per heavy atom. The fourth-order valence-corrected chi connectivity index (χ4v) is 7.08. The number of hydrogen-bond donors (Lipinski definition) is 0. The maximum Gasteiger partial charge on any atom is 0.0877 e. The van der Waals surface area contributed by atoms with Crippen LogP contribution < -0.4 is 5.19 Å². The molecule has 0 amide bonds. The molecular formula is C24H32OSi. The lowest BCUT2D eigenvalue weighted by atomic mass is 10.1. The van der Waals surface area contributed by atoms with Gasteiger partial charge in [-0.3, -0.25) is 0 Å². The maximum atomic E-state index is 6.07. The second kappa shape index (κ2) is 10.3. The summed E-state index contributed by atoms with van der Waals surface area (Å²) in [6, 6.07) is 21.4. The first kappa shape index (κ1) is 20.4. The van der Waals surface area contributed by atoms with Crippen LogP contribution in [0.1, 0.15) is 19.4 Å². The van der Waals surface area contributed by atoms with E-state index in [1.165, 1.54) is 10.8 Å². The van der Waals surface area contributed by atoms with E-state index in [1.807, 2.05) is 6.07 Å². The third-order valence-corrected chi connectivity index (χ3v) is 9.33. The molecule has 2 aromatic rings. The summed E-state index contributed by atoms with van der Waals surface area (Å²) in [7, 11) is -1.65. The Morgan fingerprint density at radius 3 is 2.15 bits per heavy atom. The van der Waals surface area contributed by atoms with Crippen molar-refractivity contribution in [3.8, 4) is 0 Å². The molecule has 0 aliphatic carbocycles. The Bertz CT molecular complexity index is 689. The zero-order valence-electron chi connectivity index (χ0n) is 16.6. The lowest BCUT2D eigenvalue weighted by Gasteiger charge is -2.35. The van der Waals surface area contributed by atoms with Crippen LogP contribution in [0.5, 0.6) is 0 Å². The van der Waals surface area contributed by atoms with E-state index in [4.69, 9.17) is 4.74 Å². The molecule has 26 heavy (non-hydrogen) atoms. The van der Waals surface area contributed by atoms with E-state index in [0.29, 0.717) is 18.1 Å². The molecule has 138 valence electrons. The minimum Gasteiger partial charge on any atom is -0.376 e. The molecule has 0 aromatic heterocycles. The monoisotopic (exact) mass is 364 g/mol. The first-order valence-electron chi connectivity index (χ1n) is 9.52. The van der Waals surface area contributed by atoms with Gasteiger partial charge < -0.3 is 4.74 Å². The highest BCUT2D eigenvalue weighted by atomic mass is 28.3. The summed E-state index contributed by atoms with van der Waals surface area (Å²) in [6.07, 6.45) is 8.81. The van der Waals surface area contributed by atoms with Crippen LogP contribution in [-0.2, 0) is 11.3 Å². The van der Waals surface area contributed by atoms with Crippen molar-refractivity contribution in [3.63, 3.8) is 0 Å². The van der Waals surface area contributed by atoms with Gasteiger partial charge in [-0.15, -0.1) is 0 Å². The van der Waals surface area contributed by atoms with Gasteiger partial charge in [0.1, 0.15) is 0 Å². The summed E-state index contributed by atoms with van der Waals surface area (Å²) in [5, 5.41) is 1.50. The lowest BCUT2D eigenvalue weighted by Crippen LogP contribution is -2.48. The molecule has 0 radical (unpaired) electrons. The normalized spacial score (nSPS) is 14.8. The quantitative estimate of drug-likeness (QED) is 0.394. The number of rotatable bonds is 9. The summed E-state index contributed by atoms with van der Waals surface area (Å²) in [5.41, 5.74) is 1.76. The van der Waals surface area contributed by atoms with Crippen LogP contribution in [0.3, 0.4) is 0 Å². The Kier molecular flexibility index (Phi) is 8.08. The molecule has 0 aliphatic rings. The molecule has 2 heteroatoms. The van der Waals surface area contributed by atoms with Gasteiger partial charge in [0, 0.05) is 6.61 Å². The van der Waals surface area contributed by atoms with Crippen molar-refractivity contribution in [2.45, 2.75) is 39.1 Å². The fourth-order valence-electron chi connectivity index (χ4n) is 3.54. The Morgan fingerprint density at radius 2 is 1.54 bits per heavy atom. The highest BCUT2D eigenvalue weighted by Gasteiger charge is 2.35. The SMILES string of the molecule is C/C=C/C=C\[C@@H](C(C)COCc1ccccc1)[Si](C)(C)c1ccccc1. The topological polar surface area (TPSA) is 9.23 Å². The zero-order chi connectivity index (χ0) is 18.8. The van der Waals surface area contributed by atoms with Gasteiger partial charge in [0.05, 0.1) is 14.7 Å². The van der Waals surface area contributed by atoms with E-state index in [0.717, 1.165) is 6.61 Å². The predicted octanol–water partition coefficient (Wildman–Crippen LogP) is 5.96. The summed E-state index contributed by atoms with van der Waals surface area (Å²) >= 11 is 0. The van der Waals surface area contributed by atoms with Crippen molar-refractivity contribution in [1.82, 2.24) is 0 Å². The van der Waals surface area contributed by atoms with E-state index >= 15 is 0 Å². The highest BCUT2D eigenvalue weighted by Crippen LogP contribution is 2.32. The Labute approximate surface area is 160 Å². The van der Waals surface area contributed by atoms with Gasteiger partial charge in [-0.1, -0.05) is 110 Å². The van der Waals surface area contributed by atoms with Crippen LogP contribution in [0.25, 0.3) is 0 Å². The molecule has 2 atom stereocenters. The fraction of sp³-hybridized carbons (Fsp3) is 0.333. The number of hydrogen-bond acceptors (Lipinski definition) is 1. The van der Waals surface area contributed by atoms with Gasteiger partial charge in [-0.2, -0.15) is 0 Å². The number of benzene rings is 2. The van der Waals surface area contributed by atoms with E-state index in [1.54, 1.807) is 0 Å². The zero-order valence-corrected chi connectivity index (χ0v) is 17.6. The van der Waals surface area contributed by atoms with Gasteiger partial charge in [-0.05, 0) is 23.9 Å². The first-order valence-corrected chi connectivity index (χ1v) is 12.6. The smallest absolute Gasteiger partial charge is 0.0877 e. The molecular weight excluding hydrogens is 332 g/mol. The highest BCUT2D eigenvalue weighted by molar-refractivity contribution is 6.91. The molecule has 0 spiro atoms. The maximum absolute atomic E-state index is 6.07. The van der Waals surface area contributed by atoms with Gasteiger partial charge in [-0.25, -0.2) is 0 Å². The average Bonchev–Trinajstić information content (AvgIpc) is 2.66. The predicted molar refractivity (Wildman–Crippen MR) is 117 cm³/mol. The third-order valence-electron chi connectivity index (χ3n) is 5.08. The van der Waals surface area contributed by atoms with Crippen molar-refractivity contribution in [2.24, 2.45) is 5.92 Å². The molecule has 0 bridgehead atoms. The van der Waals surface area contributed by atoms with Crippen molar-refractivity contribution < 1.29 is 4.74 Å². The number of allylic oxidation sites excluding steroid dienone is 4. The Hall–Kier alpha value is -1.90. The molecule has 2 aromatic carbocycles. The van der Waals surface area contributed by atoms with Crippen molar-refractivity contribution in [1.29, 1.82) is 0 Å². The summed E-state index contributed by atoms with van der Waals surface area (Å²) in [6.45, 7) is 10.8. The minimum absolute atomic E-state index is 0.474. The standard InChI is InChI=1S/C24H32OSi/c1-5-6-9-18-24(26(3,4)23-16-12-8-13-17-23)21(2)19-25-20-22-14-10-7-11-15-22/h5-18,21,24H,19-20H2,1-4H3/b6-5+,18-9-/t21?,24-/m0/s1. The molecule has 0 fully saturated rings. The summed E-state index contributed by atoms with van der Waals surface area (Å²) < 4.78 is 6.07. The second-order valence-electron chi connectivity index (χ2n) is 7.50. The largest absolute Gasteiger partial charge is 0.376 e. The lowest BCUT2D eigenvalue weighted by molar-refractivity contribution is 0.0925. The first-order chi connectivity index (χ1) is 12.6. The van der Waals surface area contributed by atoms with E-state index in [-0.39, 0.29) is 0 Å². The second-order valence-corrected chi connectivity index (χ2v) is 12.2. The van der Waals surface area contributed by atoms with Crippen LogP contribution in [0.2, 0.25) is 18.6 Å². The van der Waals surface area contributed by atoms with E-state index < -0.39 is 8.07 Å². The summed E-state index contributed by atoms with van der Waals surface area (Å²) in [4.78, 5) is 0. The molecule has 0 aliphatic heterocycles. The van der Waals surface area contributed by atoms with Crippen LogP contribution >= 0.6 is 0 Å². The van der Waals surface area contributed by atoms with Crippen molar-refractivity contribution >= 4 is 13.3 Å². The Balaban J connectivity index is 2.10. The number of ether oxygens (including phenoxy) is 1.